The summed E-state index contributed by atoms with van der Waals surface area (Å²) < 4.78 is 1.83. The number of hydrogen-bond donors (Lipinski definition) is 1. The maximum Gasteiger partial charge on any atom is 0.279 e. The van der Waals surface area contributed by atoms with E-state index in [9.17, 15) is 9.59 Å². The molecular weight excluding hydrogens is 382 g/mol. The van der Waals surface area contributed by atoms with Crippen molar-refractivity contribution in [2.45, 2.75) is 37.1 Å². The molecule has 0 fully saturated rings. The monoisotopic (exact) mass is 405 g/mol. The molecule has 148 valence electrons. The first-order valence-corrected chi connectivity index (χ1v) is 10.6. The Morgan fingerprint density at radius 2 is 1.93 bits per heavy atom. The number of fused-ring (bicyclic) bond motifs is 1. The SMILES string of the molecule is Cc1cccc(C2CC(=O)Nc3c2c(=O)nc(SCc2ccccc2C)n3C)c1. The summed E-state index contributed by atoms with van der Waals surface area (Å²) in [4.78, 5) is 29.8. The molecule has 6 heteroatoms. The van der Waals surface area contributed by atoms with Crippen molar-refractivity contribution in [2.24, 2.45) is 7.05 Å². The van der Waals surface area contributed by atoms with E-state index < -0.39 is 0 Å². The lowest BCUT2D eigenvalue weighted by Crippen LogP contribution is -2.33. The molecule has 0 spiro atoms. The molecular formula is C23H23N3O2S. The molecule has 1 aliphatic rings. The molecule has 2 aromatic carbocycles. The minimum Gasteiger partial charge on any atom is -0.312 e. The maximum absolute atomic E-state index is 13.0. The Bertz CT molecular complexity index is 1150. The fourth-order valence-corrected chi connectivity index (χ4v) is 4.79. The average molecular weight is 406 g/mol. The topological polar surface area (TPSA) is 64.0 Å². The summed E-state index contributed by atoms with van der Waals surface area (Å²) in [6.45, 7) is 4.08. The van der Waals surface area contributed by atoms with Gasteiger partial charge in [0, 0.05) is 25.1 Å². The Hall–Kier alpha value is -2.86. The molecule has 4 rings (SSSR count). The van der Waals surface area contributed by atoms with Crippen LogP contribution in [-0.2, 0) is 17.6 Å². The van der Waals surface area contributed by atoms with Crippen LogP contribution in [0.5, 0.6) is 0 Å². The highest BCUT2D eigenvalue weighted by Crippen LogP contribution is 2.36. The summed E-state index contributed by atoms with van der Waals surface area (Å²) in [6.07, 6.45) is 0.253. The van der Waals surface area contributed by atoms with Gasteiger partial charge in [0.05, 0.1) is 5.56 Å². The van der Waals surface area contributed by atoms with Crippen molar-refractivity contribution in [3.63, 3.8) is 0 Å². The van der Waals surface area contributed by atoms with E-state index in [4.69, 9.17) is 0 Å². The van der Waals surface area contributed by atoms with Crippen LogP contribution >= 0.6 is 11.8 Å². The van der Waals surface area contributed by atoms with Crippen LogP contribution < -0.4 is 10.9 Å². The van der Waals surface area contributed by atoms with Crippen LogP contribution in [0.15, 0.2) is 58.5 Å². The fourth-order valence-electron chi connectivity index (χ4n) is 3.75. The van der Waals surface area contributed by atoms with Crippen molar-refractivity contribution in [3.05, 3.63) is 86.7 Å². The van der Waals surface area contributed by atoms with Crippen molar-refractivity contribution in [2.75, 3.05) is 5.32 Å². The number of carbonyl (C=O) groups excluding carboxylic acids is 1. The number of aromatic nitrogens is 2. The maximum atomic E-state index is 13.0. The van der Waals surface area contributed by atoms with E-state index in [0.29, 0.717) is 22.3 Å². The van der Waals surface area contributed by atoms with E-state index in [2.05, 4.69) is 29.4 Å². The number of aryl methyl sites for hydroxylation is 2. The van der Waals surface area contributed by atoms with Gasteiger partial charge < -0.3 is 9.88 Å². The van der Waals surface area contributed by atoms with Crippen LogP contribution in [0.3, 0.4) is 0 Å². The molecule has 29 heavy (non-hydrogen) atoms. The Morgan fingerprint density at radius 1 is 1.14 bits per heavy atom. The van der Waals surface area contributed by atoms with E-state index in [0.717, 1.165) is 11.1 Å². The number of nitrogens with one attached hydrogen (secondary N) is 1. The summed E-state index contributed by atoms with van der Waals surface area (Å²) in [7, 11) is 1.85. The van der Waals surface area contributed by atoms with E-state index in [1.54, 1.807) is 0 Å². The summed E-state index contributed by atoms with van der Waals surface area (Å²) in [5.41, 5.74) is 4.78. The lowest BCUT2D eigenvalue weighted by atomic mass is 9.86. The van der Waals surface area contributed by atoms with Gasteiger partial charge in [-0.1, -0.05) is 65.9 Å². The van der Waals surface area contributed by atoms with Crippen LogP contribution in [0.4, 0.5) is 5.82 Å². The standard InChI is InChI=1S/C23H23N3O2S/c1-14-7-6-10-16(11-14)18-12-19(27)24-21-20(18)22(28)25-23(26(21)3)29-13-17-9-5-4-8-15(17)2/h4-11,18H,12-13H2,1-3H3,(H,24,27). The van der Waals surface area contributed by atoms with Gasteiger partial charge in [0.2, 0.25) is 5.91 Å². The van der Waals surface area contributed by atoms with Crippen LogP contribution in [0.2, 0.25) is 0 Å². The van der Waals surface area contributed by atoms with Gasteiger partial charge in [-0.05, 0) is 30.5 Å². The largest absolute Gasteiger partial charge is 0.312 e. The van der Waals surface area contributed by atoms with Crippen LogP contribution in [0, 0.1) is 13.8 Å². The molecule has 1 aliphatic heterocycles. The zero-order valence-corrected chi connectivity index (χ0v) is 17.5. The van der Waals surface area contributed by atoms with Crippen molar-refractivity contribution in [3.8, 4) is 0 Å². The van der Waals surface area contributed by atoms with Crippen LogP contribution in [-0.4, -0.2) is 15.5 Å². The predicted molar refractivity (Wildman–Crippen MR) is 116 cm³/mol. The Labute approximate surface area is 174 Å². The number of anilines is 1. The third kappa shape index (κ3) is 3.85. The van der Waals surface area contributed by atoms with E-state index in [-0.39, 0.29) is 23.8 Å². The molecule has 5 nitrogen and oxygen atoms in total. The zero-order chi connectivity index (χ0) is 20.5. The quantitative estimate of drug-likeness (QED) is 0.523. The highest BCUT2D eigenvalue weighted by Gasteiger charge is 2.32. The van der Waals surface area contributed by atoms with Gasteiger partial charge in [-0.2, -0.15) is 4.98 Å². The Morgan fingerprint density at radius 3 is 2.69 bits per heavy atom. The van der Waals surface area contributed by atoms with Gasteiger partial charge in [0.15, 0.2) is 5.16 Å². The molecule has 1 amide bonds. The smallest absolute Gasteiger partial charge is 0.279 e. The Balaban J connectivity index is 1.73. The van der Waals surface area contributed by atoms with E-state index in [1.807, 2.05) is 54.9 Å². The third-order valence-corrected chi connectivity index (χ3v) is 6.44. The number of benzene rings is 2. The molecule has 1 aromatic heterocycles. The van der Waals surface area contributed by atoms with Crippen LogP contribution in [0.1, 0.15) is 40.2 Å². The normalized spacial score (nSPS) is 15.7. The first kappa shape index (κ1) is 19.5. The highest BCUT2D eigenvalue weighted by atomic mass is 32.2. The number of hydrogen-bond acceptors (Lipinski definition) is 4. The lowest BCUT2D eigenvalue weighted by Gasteiger charge is -2.27. The number of thioether (sulfide) groups is 1. The lowest BCUT2D eigenvalue weighted by molar-refractivity contribution is -0.116. The first-order valence-electron chi connectivity index (χ1n) is 9.58. The average Bonchev–Trinajstić information content (AvgIpc) is 2.70. The number of nitrogens with zero attached hydrogens (tertiary/aromatic N) is 2. The predicted octanol–water partition coefficient (Wildman–Crippen LogP) is 4.16. The number of carbonyl (C=O) groups is 1. The zero-order valence-electron chi connectivity index (χ0n) is 16.7. The van der Waals surface area contributed by atoms with Crippen LogP contribution in [0.25, 0.3) is 0 Å². The second kappa shape index (κ2) is 7.87. The molecule has 1 N–H and O–H groups in total. The van der Waals surface area contributed by atoms with E-state index >= 15 is 0 Å². The fraction of sp³-hybridized carbons (Fsp3) is 0.261. The van der Waals surface area contributed by atoms with Gasteiger partial charge in [-0.3, -0.25) is 9.59 Å². The van der Waals surface area contributed by atoms with Crippen molar-refractivity contribution in [1.82, 2.24) is 9.55 Å². The van der Waals surface area contributed by atoms with Gasteiger partial charge in [0.25, 0.3) is 5.56 Å². The molecule has 3 aromatic rings. The van der Waals surface area contributed by atoms with Gasteiger partial charge in [-0.25, -0.2) is 0 Å². The summed E-state index contributed by atoms with van der Waals surface area (Å²) in [6, 6.07) is 16.1. The highest BCUT2D eigenvalue weighted by molar-refractivity contribution is 7.98. The molecule has 0 bridgehead atoms. The number of rotatable bonds is 4. The second-order valence-electron chi connectivity index (χ2n) is 7.46. The minimum atomic E-state index is -0.278. The summed E-state index contributed by atoms with van der Waals surface area (Å²) in [5, 5.41) is 3.50. The van der Waals surface area contributed by atoms with Crippen molar-refractivity contribution < 1.29 is 4.79 Å². The van der Waals surface area contributed by atoms with Crippen molar-refractivity contribution >= 4 is 23.5 Å². The molecule has 0 saturated carbocycles. The minimum absolute atomic E-state index is 0.0833. The first-order chi connectivity index (χ1) is 13.9. The van der Waals surface area contributed by atoms with Crippen molar-refractivity contribution in [1.29, 1.82) is 0 Å². The van der Waals surface area contributed by atoms with Gasteiger partial charge >= 0.3 is 0 Å². The second-order valence-corrected chi connectivity index (χ2v) is 8.40. The molecule has 0 saturated heterocycles. The molecule has 1 unspecified atom stereocenters. The Kier molecular flexibility index (Phi) is 5.28. The summed E-state index contributed by atoms with van der Waals surface area (Å²) in [5.74, 6) is 0.904. The van der Waals surface area contributed by atoms with E-state index in [1.165, 1.54) is 22.9 Å². The molecule has 1 atom stereocenters. The molecule has 0 radical (unpaired) electrons. The summed E-state index contributed by atoms with van der Waals surface area (Å²) >= 11 is 1.50. The third-order valence-electron chi connectivity index (χ3n) is 5.36. The molecule has 0 aliphatic carbocycles. The van der Waals surface area contributed by atoms with Gasteiger partial charge in [0.1, 0.15) is 5.82 Å². The number of amides is 1. The van der Waals surface area contributed by atoms with Gasteiger partial charge in [-0.15, -0.1) is 0 Å². The molecule has 2 heterocycles.